The monoisotopic (exact) mass is 285 g/mol. The van der Waals surface area contributed by atoms with Crippen molar-refractivity contribution >= 4 is 17.3 Å². The van der Waals surface area contributed by atoms with Gasteiger partial charge in [0.05, 0.1) is 0 Å². The standard InChI is InChI=1S/C16H23N5/c1-4-7-14-19-15(11(3)16(20-14)21-17)18-13-9-6-8-12(5-2)10-13/h6,8-10H,4-5,7,17H2,1-3H3,(H2,18,19,20,21). The third-order valence-electron chi connectivity index (χ3n) is 3.40. The minimum atomic E-state index is 0.669. The van der Waals surface area contributed by atoms with Gasteiger partial charge in [0, 0.05) is 17.7 Å². The van der Waals surface area contributed by atoms with Gasteiger partial charge in [0.25, 0.3) is 0 Å². The molecule has 112 valence electrons. The molecule has 5 heteroatoms. The van der Waals surface area contributed by atoms with Gasteiger partial charge in [-0.1, -0.05) is 26.0 Å². The Kier molecular flexibility index (Phi) is 5.11. The highest BCUT2D eigenvalue weighted by atomic mass is 15.3. The highest BCUT2D eigenvalue weighted by molar-refractivity contribution is 5.64. The van der Waals surface area contributed by atoms with Gasteiger partial charge < -0.3 is 10.7 Å². The molecule has 21 heavy (non-hydrogen) atoms. The van der Waals surface area contributed by atoms with E-state index in [2.05, 4.69) is 46.7 Å². The molecule has 0 saturated carbocycles. The summed E-state index contributed by atoms with van der Waals surface area (Å²) in [4.78, 5) is 9.03. The third kappa shape index (κ3) is 3.70. The predicted octanol–water partition coefficient (Wildman–Crippen LogP) is 3.33. The molecule has 0 amide bonds. The van der Waals surface area contributed by atoms with E-state index >= 15 is 0 Å². The average Bonchev–Trinajstić information content (AvgIpc) is 2.50. The fourth-order valence-corrected chi connectivity index (χ4v) is 2.17. The zero-order valence-corrected chi connectivity index (χ0v) is 12.9. The van der Waals surface area contributed by atoms with Crippen LogP contribution in [0.15, 0.2) is 24.3 Å². The van der Waals surface area contributed by atoms with Gasteiger partial charge in [-0.25, -0.2) is 15.8 Å². The van der Waals surface area contributed by atoms with Gasteiger partial charge in [-0.05, 0) is 37.5 Å². The van der Waals surface area contributed by atoms with E-state index in [1.807, 2.05) is 19.1 Å². The minimum Gasteiger partial charge on any atom is -0.340 e. The van der Waals surface area contributed by atoms with Crippen LogP contribution in [0.1, 0.15) is 37.2 Å². The van der Waals surface area contributed by atoms with Crippen LogP contribution in [0, 0.1) is 6.92 Å². The Balaban J connectivity index is 2.35. The van der Waals surface area contributed by atoms with E-state index in [4.69, 9.17) is 5.84 Å². The van der Waals surface area contributed by atoms with Crippen LogP contribution >= 0.6 is 0 Å². The van der Waals surface area contributed by atoms with Crippen LogP contribution in [0.2, 0.25) is 0 Å². The third-order valence-corrected chi connectivity index (χ3v) is 3.40. The summed E-state index contributed by atoms with van der Waals surface area (Å²) in [7, 11) is 0. The first-order valence-corrected chi connectivity index (χ1v) is 7.38. The van der Waals surface area contributed by atoms with Crippen molar-refractivity contribution in [3.05, 3.63) is 41.2 Å². The summed E-state index contributed by atoms with van der Waals surface area (Å²) in [6.07, 6.45) is 2.84. The Labute approximate surface area is 126 Å². The van der Waals surface area contributed by atoms with Gasteiger partial charge in [0.1, 0.15) is 17.5 Å². The van der Waals surface area contributed by atoms with E-state index < -0.39 is 0 Å². The smallest absolute Gasteiger partial charge is 0.148 e. The number of aromatic nitrogens is 2. The number of anilines is 3. The molecule has 0 spiro atoms. The Hall–Kier alpha value is -2.14. The van der Waals surface area contributed by atoms with Crippen LogP contribution in [-0.4, -0.2) is 9.97 Å². The quantitative estimate of drug-likeness (QED) is 0.560. The lowest BCUT2D eigenvalue weighted by molar-refractivity contribution is 0.833. The van der Waals surface area contributed by atoms with Crippen LogP contribution in [0.4, 0.5) is 17.3 Å². The van der Waals surface area contributed by atoms with Gasteiger partial charge in [0.2, 0.25) is 0 Å². The summed E-state index contributed by atoms with van der Waals surface area (Å²) < 4.78 is 0. The lowest BCUT2D eigenvalue weighted by atomic mass is 10.1. The molecule has 4 N–H and O–H groups in total. The Morgan fingerprint density at radius 3 is 2.57 bits per heavy atom. The number of nitrogens with zero attached hydrogens (tertiary/aromatic N) is 2. The van der Waals surface area contributed by atoms with Crippen LogP contribution in [0.25, 0.3) is 0 Å². The number of hydrogen-bond acceptors (Lipinski definition) is 5. The summed E-state index contributed by atoms with van der Waals surface area (Å²) in [5.41, 5.74) is 5.89. The number of aryl methyl sites for hydroxylation is 2. The van der Waals surface area contributed by atoms with Crippen molar-refractivity contribution < 1.29 is 0 Å². The number of nitrogens with one attached hydrogen (secondary N) is 2. The van der Waals surface area contributed by atoms with Crippen molar-refractivity contribution in [2.75, 3.05) is 10.7 Å². The summed E-state index contributed by atoms with van der Waals surface area (Å²) in [6.45, 7) is 6.21. The summed E-state index contributed by atoms with van der Waals surface area (Å²) in [6, 6.07) is 8.34. The number of benzene rings is 1. The predicted molar refractivity (Wildman–Crippen MR) is 87.7 cm³/mol. The molecule has 0 unspecified atom stereocenters. The summed E-state index contributed by atoms with van der Waals surface area (Å²) in [5, 5.41) is 3.37. The minimum absolute atomic E-state index is 0.669. The molecule has 1 aromatic carbocycles. The molecule has 1 aromatic heterocycles. The van der Waals surface area contributed by atoms with Crippen molar-refractivity contribution in [2.45, 2.75) is 40.0 Å². The number of nitrogen functional groups attached to an aromatic ring is 1. The molecule has 0 aliphatic rings. The first-order chi connectivity index (χ1) is 10.2. The molecule has 0 atom stereocenters. The van der Waals surface area contributed by atoms with E-state index in [-0.39, 0.29) is 0 Å². The molecular weight excluding hydrogens is 262 g/mol. The maximum absolute atomic E-state index is 5.56. The molecule has 2 aromatic rings. The molecule has 0 radical (unpaired) electrons. The maximum Gasteiger partial charge on any atom is 0.148 e. The Morgan fingerprint density at radius 2 is 1.90 bits per heavy atom. The van der Waals surface area contributed by atoms with Gasteiger partial charge in [-0.3, -0.25) is 0 Å². The summed E-state index contributed by atoms with van der Waals surface area (Å²) in [5.74, 6) is 7.82. The van der Waals surface area contributed by atoms with Gasteiger partial charge in [-0.2, -0.15) is 0 Å². The Morgan fingerprint density at radius 1 is 1.14 bits per heavy atom. The number of rotatable bonds is 6. The molecule has 0 bridgehead atoms. The Bertz CT molecular complexity index is 610. The lowest BCUT2D eigenvalue weighted by Crippen LogP contribution is -2.14. The molecule has 1 heterocycles. The first-order valence-electron chi connectivity index (χ1n) is 7.38. The molecule has 0 aliphatic heterocycles. The highest BCUT2D eigenvalue weighted by Gasteiger charge is 2.10. The van der Waals surface area contributed by atoms with Crippen LogP contribution in [0.3, 0.4) is 0 Å². The van der Waals surface area contributed by atoms with Crippen LogP contribution in [0.5, 0.6) is 0 Å². The van der Waals surface area contributed by atoms with Crippen LogP contribution < -0.4 is 16.6 Å². The van der Waals surface area contributed by atoms with Crippen molar-refractivity contribution in [2.24, 2.45) is 5.84 Å². The maximum atomic E-state index is 5.56. The van der Waals surface area contributed by atoms with Crippen molar-refractivity contribution in [3.8, 4) is 0 Å². The second-order valence-electron chi connectivity index (χ2n) is 5.04. The van der Waals surface area contributed by atoms with Gasteiger partial charge >= 0.3 is 0 Å². The van der Waals surface area contributed by atoms with Gasteiger partial charge in [-0.15, -0.1) is 0 Å². The van der Waals surface area contributed by atoms with E-state index in [0.717, 1.165) is 42.2 Å². The lowest BCUT2D eigenvalue weighted by Gasteiger charge is -2.14. The second-order valence-corrected chi connectivity index (χ2v) is 5.04. The number of hydrogen-bond donors (Lipinski definition) is 3. The zero-order valence-electron chi connectivity index (χ0n) is 12.9. The average molecular weight is 285 g/mol. The zero-order chi connectivity index (χ0) is 15.2. The molecule has 0 fully saturated rings. The fraction of sp³-hybridized carbons (Fsp3) is 0.375. The van der Waals surface area contributed by atoms with E-state index in [1.54, 1.807) is 0 Å². The molecule has 0 aliphatic carbocycles. The summed E-state index contributed by atoms with van der Waals surface area (Å²) >= 11 is 0. The van der Waals surface area contributed by atoms with E-state index in [9.17, 15) is 0 Å². The van der Waals surface area contributed by atoms with E-state index in [0.29, 0.717) is 5.82 Å². The van der Waals surface area contributed by atoms with Crippen molar-refractivity contribution in [1.29, 1.82) is 0 Å². The molecule has 5 nitrogen and oxygen atoms in total. The largest absolute Gasteiger partial charge is 0.340 e. The molecule has 0 saturated heterocycles. The van der Waals surface area contributed by atoms with E-state index in [1.165, 1.54) is 5.56 Å². The van der Waals surface area contributed by atoms with Crippen molar-refractivity contribution in [1.82, 2.24) is 9.97 Å². The first kappa shape index (κ1) is 15.3. The number of hydrazine groups is 1. The van der Waals surface area contributed by atoms with Crippen LogP contribution in [-0.2, 0) is 12.8 Å². The molecular formula is C16H23N5. The second kappa shape index (κ2) is 7.04. The SMILES string of the molecule is CCCc1nc(NN)c(C)c(Nc2cccc(CC)c2)n1. The normalized spacial score (nSPS) is 10.5. The van der Waals surface area contributed by atoms with Gasteiger partial charge in [0.15, 0.2) is 0 Å². The highest BCUT2D eigenvalue weighted by Crippen LogP contribution is 2.24. The molecule has 2 rings (SSSR count). The number of nitrogens with two attached hydrogens (primary N) is 1. The topological polar surface area (TPSA) is 75.9 Å². The fourth-order valence-electron chi connectivity index (χ4n) is 2.17. The van der Waals surface area contributed by atoms with Crippen molar-refractivity contribution in [3.63, 3.8) is 0 Å².